The van der Waals surface area contributed by atoms with Crippen LogP contribution in [-0.4, -0.2) is 18.8 Å². The molecule has 0 aromatic heterocycles. The highest BCUT2D eigenvalue weighted by atomic mass is 19.4. The zero-order valence-electron chi connectivity index (χ0n) is 21.4. The standard InChI is InChI=1S/C31H27F3N2O3/c1-18-27(30(38)36-23-14-8-7-13-22(23)31(32,33)34)28(21-12-6-9-15-26(21)39-2)29-24(35-18)16-20(17-25(29)37)19-10-4-3-5-11-19/h3-15,20,28,35H,16-17H2,1-2H3,(H,36,38)/t20-,28+/m1/s1. The van der Waals surface area contributed by atoms with E-state index in [0.29, 0.717) is 34.7 Å². The lowest BCUT2D eigenvalue weighted by molar-refractivity contribution is -0.137. The van der Waals surface area contributed by atoms with Crippen LogP contribution in [0.25, 0.3) is 0 Å². The number of amides is 1. The zero-order chi connectivity index (χ0) is 27.7. The number of benzene rings is 3. The molecule has 0 fully saturated rings. The van der Waals surface area contributed by atoms with Crippen LogP contribution in [0.5, 0.6) is 5.75 Å². The Labute approximate surface area is 224 Å². The summed E-state index contributed by atoms with van der Waals surface area (Å²) in [6, 6.07) is 21.7. The fourth-order valence-corrected chi connectivity index (χ4v) is 5.55. The zero-order valence-corrected chi connectivity index (χ0v) is 21.4. The maximum Gasteiger partial charge on any atom is 0.418 e. The molecule has 1 heterocycles. The normalized spacial score (nSPS) is 19.4. The lowest BCUT2D eigenvalue weighted by atomic mass is 9.71. The summed E-state index contributed by atoms with van der Waals surface area (Å²) in [4.78, 5) is 27.5. The number of hydrogen-bond donors (Lipinski definition) is 2. The minimum absolute atomic E-state index is 0.0369. The summed E-state index contributed by atoms with van der Waals surface area (Å²) in [7, 11) is 1.50. The summed E-state index contributed by atoms with van der Waals surface area (Å²) < 4.78 is 46.6. The summed E-state index contributed by atoms with van der Waals surface area (Å²) >= 11 is 0. The van der Waals surface area contributed by atoms with Crippen molar-refractivity contribution in [3.63, 3.8) is 0 Å². The number of methoxy groups -OCH3 is 1. The second-order valence-electron chi connectivity index (χ2n) is 9.67. The first kappa shape index (κ1) is 26.3. The van der Waals surface area contributed by atoms with Crippen molar-refractivity contribution >= 4 is 17.4 Å². The number of ether oxygens (including phenoxy) is 1. The molecule has 5 rings (SSSR count). The Morgan fingerprint density at radius 3 is 2.33 bits per heavy atom. The van der Waals surface area contributed by atoms with Crippen LogP contribution in [0, 0.1) is 0 Å². The number of nitrogens with one attached hydrogen (secondary N) is 2. The molecular weight excluding hydrogens is 505 g/mol. The van der Waals surface area contributed by atoms with Crippen molar-refractivity contribution in [2.24, 2.45) is 0 Å². The molecule has 2 atom stereocenters. The SMILES string of the molecule is COc1ccccc1[C@H]1C(C(=O)Nc2ccccc2C(F)(F)F)=C(C)NC2=C1C(=O)C[C@H](c1ccccc1)C2. The van der Waals surface area contributed by atoms with Crippen molar-refractivity contribution in [1.29, 1.82) is 0 Å². The summed E-state index contributed by atoms with van der Waals surface area (Å²) in [5, 5.41) is 5.73. The van der Waals surface area contributed by atoms with Crippen molar-refractivity contribution in [2.45, 2.75) is 37.8 Å². The minimum Gasteiger partial charge on any atom is -0.496 e. The summed E-state index contributed by atoms with van der Waals surface area (Å²) in [5.74, 6) is -1.23. The van der Waals surface area contributed by atoms with Gasteiger partial charge in [-0.25, -0.2) is 0 Å². The number of Topliss-reactive ketones (excluding diaryl/α,β-unsaturated/α-hetero) is 1. The maximum absolute atomic E-state index is 13.8. The molecule has 1 aliphatic carbocycles. The van der Waals surface area contributed by atoms with Gasteiger partial charge in [0.15, 0.2) is 5.78 Å². The van der Waals surface area contributed by atoms with Gasteiger partial charge in [0.1, 0.15) is 5.75 Å². The molecule has 0 saturated carbocycles. The van der Waals surface area contributed by atoms with E-state index in [1.54, 1.807) is 31.2 Å². The van der Waals surface area contributed by atoms with Crippen molar-refractivity contribution in [3.05, 3.63) is 118 Å². The van der Waals surface area contributed by atoms with Crippen molar-refractivity contribution in [2.75, 3.05) is 12.4 Å². The lowest BCUT2D eigenvalue weighted by Crippen LogP contribution is -2.37. The number of ketones is 1. The fourth-order valence-electron chi connectivity index (χ4n) is 5.55. The Morgan fingerprint density at radius 2 is 1.62 bits per heavy atom. The molecule has 2 aliphatic rings. The van der Waals surface area contributed by atoms with Crippen molar-refractivity contribution < 1.29 is 27.5 Å². The molecule has 0 radical (unpaired) electrons. The molecule has 1 amide bonds. The third kappa shape index (κ3) is 5.06. The number of carbonyl (C=O) groups is 2. The van der Waals surface area contributed by atoms with E-state index in [9.17, 15) is 22.8 Å². The van der Waals surface area contributed by atoms with E-state index in [-0.39, 0.29) is 29.4 Å². The first-order valence-corrected chi connectivity index (χ1v) is 12.6. The molecule has 0 spiro atoms. The maximum atomic E-state index is 13.8. The Morgan fingerprint density at radius 1 is 0.949 bits per heavy atom. The van der Waals surface area contributed by atoms with Crippen LogP contribution >= 0.6 is 0 Å². The van der Waals surface area contributed by atoms with E-state index in [0.717, 1.165) is 11.6 Å². The molecule has 2 N–H and O–H groups in total. The predicted molar refractivity (Wildman–Crippen MR) is 142 cm³/mol. The largest absolute Gasteiger partial charge is 0.496 e. The summed E-state index contributed by atoms with van der Waals surface area (Å²) in [6.45, 7) is 1.70. The van der Waals surface area contributed by atoms with Crippen LogP contribution in [0.15, 0.2) is 101 Å². The Bertz CT molecular complexity index is 1490. The lowest BCUT2D eigenvalue weighted by Gasteiger charge is -2.37. The van der Waals surface area contributed by atoms with Gasteiger partial charge in [-0.15, -0.1) is 0 Å². The first-order chi connectivity index (χ1) is 18.7. The van der Waals surface area contributed by atoms with Gasteiger partial charge >= 0.3 is 6.18 Å². The summed E-state index contributed by atoms with van der Waals surface area (Å²) in [5.41, 5.74) is 2.11. The van der Waals surface area contributed by atoms with Gasteiger partial charge in [-0.2, -0.15) is 13.2 Å². The van der Waals surface area contributed by atoms with Crippen LogP contribution in [0.1, 0.15) is 48.3 Å². The van der Waals surface area contributed by atoms with Crippen molar-refractivity contribution in [3.8, 4) is 5.75 Å². The molecule has 200 valence electrons. The average molecular weight is 533 g/mol. The predicted octanol–water partition coefficient (Wildman–Crippen LogP) is 6.71. The molecular formula is C31H27F3N2O3. The van der Waals surface area contributed by atoms with Gasteiger partial charge < -0.3 is 15.4 Å². The summed E-state index contributed by atoms with van der Waals surface area (Å²) in [6.07, 6.45) is -3.84. The van der Waals surface area contributed by atoms with Crippen LogP contribution in [-0.2, 0) is 15.8 Å². The van der Waals surface area contributed by atoms with Gasteiger partial charge in [-0.05, 0) is 43.0 Å². The molecule has 3 aromatic carbocycles. The third-order valence-electron chi connectivity index (χ3n) is 7.27. The number of allylic oxidation sites excluding steroid dienone is 3. The van der Waals surface area contributed by atoms with E-state index in [2.05, 4.69) is 10.6 Å². The average Bonchev–Trinajstić information content (AvgIpc) is 2.92. The second kappa shape index (κ2) is 10.4. The van der Waals surface area contributed by atoms with Gasteiger partial charge in [-0.1, -0.05) is 60.7 Å². The molecule has 39 heavy (non-hydrogen) atoms. The number of dihydropyridines is 1. The number of hydrogen-bond acceptors (Lipinski definition) is 4. The van der Waals surface area contributed by atoms with Crippen LogP contribution < -0.4 is 15.4 Å². The number of alkyl halides is 3. The monoisotopic (exact) mass is 532 g/mol. The van der Waals surface area contributed by atoms with Crippen LogP contribution in [0.2, 0.25) is 0 Å². The molecule has 3 aromatic rings. The molecule has 0 unspecified atom stereocenters. The highest BCUT2D eigenvalue weighted by Gasteiger charge is 2.42. The molecule has 0 bridgehead atoms. The van der Waals surface area contributed by atoms with Crippen LogP contribution in [0.3, 0.4) is 0 Å². The number of para-hydroxylation sites is 2. The quantitative estimate of drug-likeness (QED) is 0.383. The van der Waals surface area contributed by atoms with E-state index in [1.807, 2.05) is 30.3 Å². The number of halogens is 3. The Balaban J connectivity index is 1.60. The van der Waals surface area contributed by atoms with E-state index in [1.165, 1.54) is 25.3 Å². The topological polar surface area (TPSA) is 67.4 Å². The van der Waals surface area contributed by atoms with Gasteiger partial charge in [0.25, 0.3) is 5.91 Å². The number of carbonyl (C=O) groups excluding carboxylic acids is 2. The Hall–Kier alpha value is -4.33. The van der Waals surface area contributed by atoms with E-state index < -0.39 is 23.6 Å². The highest BCUT2D eigenvalue weighted by molar-refractivity contribution is 6.10. The van der Waals surface area contributed by atoms with Crippen molar-refractivity contribution in [1.82, 2.24) is 5.32 Å². The van der Waals surface area contributed by atoms with E-state index in [4.69, 9.17) is 4.74 Å². The highest BCUT2D eigenvalue weighted by Crippen LogP contribution is 2.48. The number of anilines is 1. The van der Waals surface area contributed by atoms with E-state index >= 15 is 0 Å². The van der Waals surface area contributed by atoms with Gasteiger partial charge in [0.05, 0.1) is 24.3 Å². The van der Waals surface area contributed by atoms with Crippen LogP contribution in [0.4, 0.5) is 18.9 Å². The number of rotatable bonds is 5. The first-order valence-electron chi connectivity index (χ1n) is 12.6. The smallest absolute Gasteiger partial charge is 0.418 e. The van der Waals surface area contributed by atoms with Gasteiger partial charge in [0.2, 0.25) is 0 Å². The van der Waals surface area contributed by atoms with Gasteiger partial charge in [0, 0.05) is 34.5 Å². The molecule has 0 saturated heterocycles. The Kier molecular flexibility index (Phi) is 7.04. The molecule has 8 heteroatoms. The molecule has 1 aliphatic heterocycles. The molecule has 5 nitrogen and oxygen atoms in total. The fraction of sp³-hybridized carbons (Fsp3) is 0.226. The minimum atomic E-state index is -4.65. The third-order valence-corrected chi connectivity index (χ3v) is 7.27. The second-order valence-corrected chi connectivity index (χ2v) is 9.67. The van der Waals surface area contributed by atoms with Gasteiger partial charge in [-0.3, -0.25) is 9.59 Å².